The SMILES string of the molecule is CCN1CCN(CC(=O)OC2CCCC(OC)C2)C(=O)C1=O. The first-order valence-corrected chi connectivity index (χ1v) is 7.85. The van der Waals surface area contributed by atoms with Crippen LogP contribution < -0.4 is 0 Å². The van der Waals surface area contributed by atoms with Crippen molar-refractivity contribution in [3.8, 4) is 0 Å². The first-order valence-electron chi connectivity index (χ1n) is 7.85. The van der Waals surface area contributed by atoms with Crippen LogP contribution in [0.3, 0.4) is 0 Å². The third kappa shape index (κ3) is 3.97. The Labute approximate surface area is 130 Å². The van der Waals surface area contributed by atoms with E-state index < -0.39 is 17.8 Å². The maximum Gasteiger partial charge on any atom is 0.325 e. The predicted octanol–water partition coefficient (Wildman–Crippen LogP) is 0.178. The maximum atomic E-state index is 12.0. The number of piperazine rings is 1. The number of nitrogens with zero attached hydrogens (tertiary/aromatic N) is 2. The number of ether oxygens (including phenoxy) is 2. The topological polar surface area (TPSA) is 76.2 Å². The number of likely N-dealkylation sites (N-methyl/N-ethyl adjacent to an activating group) is 1. The molecule has 0 spiro atoms. The van der Waals surface area contributed by atoms with Crippen molar-refractivity contribution >= 4 is 17.8 Å². The molecule has 0 bridgehead atoms. The lowest BCUT2D eigenvalue weighted by Gasteiger charge is -2.33. The van der Waals surface area contributed by atoms with Gasteiger partial charge >= 0.3 is 17.8 Å². The monoisotopic (exact) mass is 312 g/mol. The van der Waals surface area contributed by atoms with Gasteiger partial charge in [-0.15, -0.1) is 0 Å². The summed E-state index contributed by atoms with van der Waals surface area (Å²) in [5, 5.41) is 0. The molecule has 0 radical (unpaired) electrons. The summed E-state index contributed by atoms with van der Waals surface area (Å²) < 4.78 is 10.7. The highest BCUT2D eigenvalue weighted by molar-refractivity contribution is 6.35. The number of carbonyl (C=O) groups is 3. The molecule has 22 heavy (non-hydrogen) atoms. The summed E-state index contributed by atoms with van der Waals surface area (Å²) in [6.45, 7) is 3.01. The zero-order chi connectivity index (χ0) is 16.1. The number of hydrogen-bond donors (Lipinski definition) is 0. The Balaban J connectivity index is 1.82. The number of hydrogen-bond acceptors (Lipinski definition) is 5. The van der Waals surface area contributed by atoms with Gasteiger partial charge in [-0.3, -0.25) is 14.4 Å². The van der Waals surface area contributed by atoms with Crippen LogP contribution >= 0.6 is 0 Å². The molecule has 7 nitrogen and oxygen atoms in total. The van der Waals surface area contributed by atoms with Crippen LogP contribution in [0.15, 0.2) is 0 Å². The van der Waals surface area contributed by atoms with Crippen molar-refractivity contribution in [1.29, 1.82) is 0 Å². The van der Waals surface area contributed by atoms with Gasteiger partial charge in [-0.25, -0.2) is 0 Å². The molecule has 0 aromatic rings. The van der Waals surface area contributed by atoms with Crippen molar-refractivity contribution in [2.45, 2.75) is 44.8 Å². The van der Waals surface area contributed by atoms with Crippen LogP contribution in [-0.2, 0) is 23.9 Å². The van der Waals surface area contributed by atoms with Gasteiger partial charge in [-0.05, 0) is 26.2 Å². The molecule has 1 aliphatic carbocycles. The van der Waals surface area contributed by atoms with Crippen molar-refractivity contribution in [1.82, 2.24) is 9.80 Å². The Morgan fingerprint density at radius 3 is 2.45 bits per heavy atom. The summed E-state index contributed by atoms with van der Waals surface area (Å²) >= 11 is 0. The van der Waals surface area contributed by atoms with E-state index in [4.69, 9.17) is 9.47 Å². The number of carbonyl (C=O) groups excluding carboxylic acids is 3. The molecule has 2 aliphatic rings. The van der Waals surface area contributed by atoms with Gasteiger partial charge in [0.15, 0.2) is 0 Å². The molecule has 1 aliphatic heterocycles. The highest BCUT2D eigenvalue weighted by atomic mass is 16.5. The van der Waals surface area contributed by atoms with E-state index in [1.807, 2.05) is 6.92 Å². The first kappa shape index (κ1) is 16.7. The van der Waals surface area contributed by atoms with Crippen LogP contribution in [0.25, 0.3) is 0 Å². The van der Waals surface area contributed by atoms with Gasteiger partial charge in [-0.1, -0.05) is 0 Å². The number of methoxy groups -OCH3 is 1. The smallest absolute Gasteiger partial charge is 0.325 e. The summed E-state index contributed by atoms with van der Waals surface area (Å²) in [7, 11) is 1.66. The summed E-state index contributed by atoms with van der Waals surface area (Å²) in [5.41, 5.74) is 0. The minimum atomic E-state index is -0.622. The molecular weight excluding hydrogens is 288 g/mol. The molecule has 1 saturated carbocycles. The Kier molecular flexibility index (Phi) is 5.76. The van der Waals surface area contributed by atoms with Crippen LogP contribution in [-0.4, -0.2) is 73.1 Å². The molecular formula is C15H24N2O5. The van der Waals surface area contributed by atoms with Crippen molar-refractivity contribution in [2.24, 2.45) is 0 Å². The lowest BCUT2D eigenvalue weighted by Crippen LogP contribution is -2.55. The average Bonchev–Trinajstić information content (AvgIpc) is 2.52. The summed E-state index contributed by atoms with van der Waals surface area (Å²) in [5.74, 6) is -1.62. The second-order valence-corrected chi connectivity index (χ2v) is 5.75. The van der Waals surface area contributed by atoms with Crippen molar-refractivity contribution < 1.29 is 23.9 Å². The fourth-order valence-electron chi connectivity index (χ4n) is 2.97. The molecule has 7 heteroatoms. The second-order valence-electron chi connectivity index (χ2n) is 5.75. The van der Waals surface area contributed by atoms with Crippen molar-refractivity contribution in [3.05, 3.63) is 0 Å². The number of amides is 2. The molecule has 0 aromatic carbocycles. The Hall–Kier alpha value is -1.63. The highest BCUT2D eigenvalue weighted by Crippen LogP contribution is 2.23. The largest absolute Gasteiger partial charge is 0.461 e. The Morgan fingerprint density at radius 2 is 1.77 bits per heavy atom. The van der Waals surface area contributed by atoms with Crippen LogP contribution in [0.1, 0.15) is 32.6 Å². The number of rotatable bonds is 5. The van der Waals surface area contributed by atoms with Crippen LogP contribution in [0.2, 0.25) is 0 Å². The predicted molar refractivity (Wildman–Crippen MR) is 78.0 cm³/mol. The third-order valence-electron chi connectivity index (χ3n) is 4.31. The van der Waals surface area contributed by atoms with Gasteiger partial charge in [0.2, 0.25) is 0 Å². The minimum Gasteiger partial charge on any atom is -0.461 e. The molecule has 2 amide bonds. The lowest BCUT2D eigenvalue weighted by molar-refractivity contribution is -0.162. The van der Waals surface area contributed by atoms with Gasteiger partial charge in [-0.2, -0.15) is 0 Å². The molecule has 2 unspecified atom stereocenters. The Bertz CT molecular complexity index is 440. The van der Waals surface area contributed by atoms with E-state index in [0.29, 0.717) is 26.1 Å². The molecule has 1 saturated heterocycles. The number of esters is 1. The van der Waals surface area contributed by atoms with E-state index in [1.54, 1.807) is 7.11 Å². The summed E-state index contributed by atoms with van der Waals surface area (Å²) in [4.78, 5) is 38.5. The summed E-state index contributed by atoms with van der Waals surface area (Å²) in [6, 6.07) is 0. The van der Waals surface area contributed by atoms with E-state index in [1.165, 1.54) is 9.80 Å². The van der Waals surface area contributed by atoms with Gasteiger partial charge in [0, 0.05) is 33.2 Å². The molecule has 1 heterocycles. The molecule has 124 valence electrons. The van der Waals surface area contributed by atoms with E-state index in [9.17, 15) is 14.4 Å². The molecule has 2 atom stereocenters. The second kappa shape index (κ2) is 7.58. The minimum absolute atomic E-state index is 0.128. The highest BCUT2D eigenvalue weighted by Gasteiger charge is 2.33. The van der Waals surface area contributed by atoms with Gasteiger partial charge < -0.3 is 19.3 Å². The van der Waals surface area contributed by atoms with Crippen molar-refractivity contribution in [3.63, 3.8) is 0 Å². The zero-order valence-electron chi connectivity index (χ0n) is 13.2. The molecule has 0 aromatic heterocycles. The van der Waals surface area contributed by atoms with Crippen LogP contribution in [0, 0.1) is 0 Å². The van der Waals surface area contributed by atoms with E-state index >= 15 is 0 Å². The lowest BCUT2D eigenvalue weighted by atomic mass is 9.95. The molecule has 2 fully saturated rings. The first-order chi connectivity index (χ1) is 10.5. The van der Waals surface area contributed by atoms with Crippen LogP contribution in [0.4, 0.5) is 0 Å². The fraction of sp³-hybridized carbons (Fsp3) is 0.800. The molecule has 2 rings (SSSR count). The van der Waals surface area contributed by atoms with Gasteiger partial charge in [0.1, 0.15) is 12.6 Å². The quantitative estimate of drug-likeness (QED) is 0.534. The summed E-state index contributed by atoms with van der Waals surface area (Å²) in [6.07, 6.45) is 3.43. The van der Waals surface area contributed by atoms with Crippen LogP contribution in [0.5, 0.6) is 0 Å². The van der Waals surface area contributed by atoms with Crippen molar-refractivity contribution in [2.75, 3.05) is 33.3 Å². The van der Waals surface area contributed by atoms with Gasteiger partial charge in [0.25, 0.3) is 0 Å². The normalized spacial score (nSPS) is 26.3. The Morgan fingerprint density at radius 1 is 1.14 bits per heavy atom. The standard InChI is InChI=1S/C15H24N2O5/c1-3-16-7-8-17(15(20)14(16)19)10-13(18)22-12-6-4-5-11(9-12)21-2/h11-12H,3-10H2,1-2H3. The fourth-order valence-corrected chi connectivity index (χ4v) is 2.97. The maximum absolute atomic E-state index is 12.0. The van der Waals surface area contributed by atoms with E-state index in [-0.39, 0.29) is 18.8 Å². The zero-order valence-corrected chi connectivity index (χ0v) is 13.2. The van der Waals surface area contributed by atoms with E-state index in [0.717, 1.165) is 19.3 Å². The van der Waals surface area contributed by atoms with E-state index in [2.05, 4.69) is 0 Å². The molecule has 0 N–H and O–H groups in total. The third-order valence-corrected chi connectivity index (χ3v) is 4.31. The average molecular weight is 312 g/mol. The van der Waals surface area contributed by atoms with Gasteiger partial charge in [0.05, 0.1) is 6.10 Å².